The summed E-state index contributed by atoms with van der Waals surface area (Å²) in [5.74, 6) is -0.222. The van der Waals surface area contributed by atoms with E-state index in [2.05, 4.69) is 5.32 Å². The number of aryl methyl sites for hydroxylation is 1. The predicted octanol–water partition coefficient (Wildman–Crippen LogP) is 2.82. The summed E-state index contributed by atoms with van der Waals surface area (Å²) in [6.45, 7) is 1.75. The van der Waals surface area contributed by atoms with E-state index in [4.69, 9.17) is 11.5 Å². The Kier molecular flexibility index (Phi) is 4.60. The van der Waals surface area contributed by atoms with Crippen molar-refractivity contribution in [3.05, 3.63) is 58.3 Å². The average molecular weight is 365 g/mol. The number of hydrogen-bond donors (Lipinski definition) is 3. The van der Waals surface area contributed by atoms with Crippen LogP contribution < -0.4 is 16.8 Å². The number of nitrogens with one attached hydrogen (secondary N) is 1. The van der Waals surface area contributed by atoms with E-state index < -0.39 is 17.2 Å². The monoisotopic (exact) mass is 365 g/mol. The zero-order valence-corrected chi connectivity index (χ0v) is 14.5. The van der Waals surface area contributed by atoms with Gasteiger partial charge in [0.15, 0.2) is 0 Å². The minimum atomic E-state index is -4.48. The number of rotatable bonds is 4. The van der Waals surface area contributed by atoms with E-state index in [0.29, 0.717) is 11.1 Å². The predicted molar refractivity (Wildman–Crippen MR) is 93.4 cm³/mol. The van der Waals surface area contributed by atoms with Crippen molar-refractivity contribution >= 4 is 5.91 Å². The maximum absolute atomic E-state index is 13.3. The summed E-state index contributed by atoms with van der Waals surface area (Å²) in [5.41, 5.74) is 11.7. The smallest absolute Gasteiger partial charge is 0.399 e. The molecular weight excluding hydrogens is 343 g/mol. The largest absolute Gasteiger partial charge is 0.412 e. The summed E-state index contributed by atoms with van der Waals surface area (Å²) < 4.78 is 39.9. The van der Waals surface area contributed by atoms with Crippen molar-refractivity contribution in [1.82, 2.24) is 5.32 Å². The van der Waals surface area contributed by atoms with Crippen molar-refractivity contribution in [2.24, 2.45) is 11.5 Å². The van der Waals surface area contributed by atoms with Gasteiger partial charge in [-0.3, -0.25) is 4.79 Å². The molecule has 1 fully saturated rings. The summed E-state index contributed by atoms with van der Waals surface area (Å²) in [6.07, 6.45) is -0.344. The first kappa shape index (κ1) is 18.5. The van der Waals surface area contributed by atoms with Gasteiger partial charge in [-0.2, -0.15) is 13.2 Å². The van der Waals surface area contributed by atoms with Crippen LogP contribution >= 0.6 is 0 Å². The second kappa shape index (κ2) is 6.46. The molecule has 3 rings (SSSR count). The third-order valence-electron chi connectivity index (χ3n) is 4.97. The third-order valence-corrected chi connectivity index (χ3v) is 4.97. The van der Waals surface area contributed by atoms with Gasteiger partial charge in [0.1, 0.15) is 0 Å². The van der Waals surface area contributed by atoms with Crippen molar-refractivity contribution in [2.45, 2.75) is 43.8 Å². The Morgan fingerprint density at radius 1 is 1.35 bits per heavy atom. The zero-order valence-electron chi connectivity index (χ0n) is 14.5. The SMILES string of the molecule is Cc1ccc(C(=O)NC2CC2)cc1C1(CN)C=C(N)C=C(C(F)(F)F)C1. The van der Waals surface area contributed by atoms with Gasteiger partial charge in [0, 0.05) is 34.8 Å². The van der Waals surface area contributed by atoms with Crippen molar-refractivity contribution in [2.75, 3.05) is 6.54 Å². The normalized spacial score (nSPS) is 23.3. The lowest BCUT2D eigenvalue weighted by Gasteiger charge is -2.36. The molecule has 0 spiro atoms. The highest BCUT2D eigenvalue weighted by Gasteiger charge is 2.43. The third kappa shape index (κ3) is 3.62. The van der Waals surface area contributed by atoms with Crippen LogP contribution in [0, 0.1) is 6.92 Å². The molecule has 1 atom stereocenters. The van der Waals surface area contributed by atoms with Crippen LogP contribution in [-0.4, -0.2) is 24.7 Å². The molecule has 0 saturated heterocycles. The molecule has 1 saturated carbocycles. The molecule has 1 aromatic carbocycles. The number of carbonyl (C=O) groups is 1. The molecular formula is C19H22F3N3O. The van der Waals surface area contributed by atoms with Gasteiger partial charge in [-0.25, -0.2) is 0 Å². The number of carbonyl (C=O) groups excluding carboxylic acids is 1. The molecule has 0 aliphatic heterocycles. The quantitative estimate of drug-likeness (QED) is 0.767. The van der Waals surface area contributed by atoms with Gasteiger partial charge in [0.25, 0.3) is 5.91 Å². The van der Waals surface area contributed by atoms with E-state index in [1.54, 1.807) is 31.2 Å². The van der Waals surface area contributed by atoms with E-state index in [0.717, 1.165) is 24.5 Å². The molecule has 0 bridgehead atoms. The molecule has 140 valence electrons. The molecule has 0 aromatic heterocycles. The Morgan fingerprint density at radius 2 is 2.04 bits per heavy atom. The summed E-state index contributed by atoms with van der Waals surface area (Å²) in [4.78, 5) is 12.3. The molecule has 2 aliphatic carbocycles. The van der Waals surface area contributed by atoms with Gasteiger partial charge in [-0.05, 0) is 61.6 Å². The summed E-state index contributed by atoms with van der Waals surface area (Å²) in [5, 5.41) is 2.89. The minimum absolute atomic E-state index is 0.0289. The molecule has 5 N–H and O–H groups in total. The van der Waals surface area contributed by atoms with Crippen molar-refractivity contribution < 1.29 is 18.0 Å². The van der Waals surface area contributed by atoms with Crippen molar-refractivity contribution in [3.63, 3.8) is 0 Å². The molecule has 1 unspecified atom stereocenters. The second-order valence-corrected chi connectivity index (χ2v) is 7.13. The van der Waals surface area contributed by atoms with Crippen LogP contribution in [0.3, 0.4) is 0 Å². The van der Waals surface area contributed by atoms with Crippen LogP contribution in [-0.2, 0) is 5.41 Å². The highest BCUT2D eigenvalue weighted by Crippen LogP contribution is 2.43. The fraction of sp³-hybridized carbons (Fsp3) is 0.421. The lowest BCUT2D eigenvalue weighted by atomic mass is 9.70. The summed E-state index contributed by atoms with van der Waals surface area (Å²) in [6, 6.07) is 5.25. The van der Waals surface area contributed by atoms with Gasteiger partial charge >= 0.3 is 6.18 Å². The Labute approximate surface area is 150 Å². The van der Waals surface area contributed by atoms with E-state index in [9.17, 15) is 18.0 Å². The summed E-state index contributed by atoms with van der Waals surface area (Å²) in [7, 11) is 0. The maximum atomic E-state index is 13.3. The van der Waals surface area contributed by atoms with Gasteiger partial charge in [0.2, 0.25) is 0 Å². The molecule has 7 heteroatoms. The highest BCUT2D eigenvalue weighted by molar-refractivity contribution is 5.95. The molecule has 1 aromatic rings. The number of alkyl halides is 3. The average Bonchev–Trinajstić information content (AvgIpc) is 3.37. The molecule has 1 amide bonds. The Balaban J connectivity index is 2.02. The Hall–Kier alpha value is -2.28. The van der Waals surface area contributed by atoms with Crippen molar-refractivity contribution in [3.8, 4) is 0 Å². The Bertz CT molecular complexity index is 794. The first-order valence-electron chi connectivity index (χ1n) is 8.53. The van der Waals surface area contributed by atoms with E-state index in [-0.39, 0.29) is 30.6 Å². The van der Waals surface area contributed by atoms with E-state index in [1.165, 1.54) is 0 Å². The first-order valence-corrected chi connectivity index (χ1v) is 8.53. The minimum Gasteiger partial charge on any atom is -0.399 e. The topological polar surface area (TPSA) is 81.1 Å². The Morgan fingerprint density at radius 3 is 2.62 bits per heavy atom. The molecule has 4 nitrogen and oxygen atoms in total. The van der Waals surface area contributed by atoms with Gasteiger partial charge in [0.05, 0.1) is 0 Å². The lowest BCUT2D eigenvalue weighted by Crippen LogP contribution is -2.39. The standard InChI is InChI=1S/C19H22F3N3O/c1-11-2-3-12(17(26)25-15-4-5-15)6-16(11)18(10-23)8-13(19(20,21)22)7-14(24)9-18/h2-3,6-7,9,15H,4-5,8,10,23-24H2,1H3,(H,25,26). The van der Waals surface area contributed by atoms with Crippen LogP contribution in [0.2, 0.25) is 0 Å². The number of benzene rings is 1. The number of allylic oxidation sites excluding steroid dienone is 2. The van der Waals surface area contributed by atoms with Crippen LogP contribution in [0.4, 0.5) is 13.2 Å². The maximum Gasteiger partial charge on any atom is 0.412 e. The second-order valence-electron chi connectivity index (χ2n) is 7.13. The number of hydrogen-bond acceptors (Lipinski definition) is 3. The number of halogens is 3. The van der Waals surface area contributed by atoms with Gasteiger partial charge in [-0.1, -0.05) is 6.07 Å². The van der Waals surface area contributed by atoms with Gasteiger partial charge < -0.3 is 16.8 Å². The van der Waals surface area contributed by atoms with Crippen LogP contribution in [0.5, 0.6) is 0 Å². The first-order chi connectivity index (χ1) is 12.1. The molecule has 26 heavy (non-hydrogen) atoms. The lowest BCUT2D eigenvalue weighted by molar-refractivity contribution is -0.0956. The molecule has 2 aliphatic rings. The fourth-order valence-corrected chi connectivity index (χ4v) is 3.40. The fourth-order valence-electron chi connectivity index (χ4n) is 3.40. The van der Waals surface area contributed by atoms with E-state index in [1.807, 2.05) is 0 Å². The summed E-state index contributed by atoms with van der Waals surface area (Å²) >= 11 is 0. The zero-order chi connectivity index (χ0) is 19.1. The molecule has 0 heterocycles. The molecule has 0 radical (unpaired) electrons. The van der Waals surface area contributed by atoms with Crippen LogP contribution in [0.1, 0.15) is 40.7 Å². The van der Waals surface area contributed by atoms with E-state index >= 15 is 0 Å². The van der Waals surface area contributed by atoms with Crippen molar-refractivity contribution in [1.29, 1.82) is 0 Å². The van der Waals surface area contributed by atoms with Gasteiger partial charge in [-0.15, -0.1) is 0 Å². The number of amides is 1. The number of nitrogens with two attached hydrogens (primary N) is 2. The van der Waals surface area contributed by atoms with Crippen LogP contribution in [0.15, 0.2) is 41.6 Å². The van der Waals surface area contributed by atoms with Crippen LogP contribution in [0.25, 0.3) is 0 Å². The highest BCUT2D eigenvalue weighted by atomic mass is 19.4.